The lowest BCUT2D eigenvalue weighted by molar-refractivity contribution is 0.123. The summed E-state index contributed by atoms with van der Waals surface area (Å²) in [6, 6.07) is 0. The van der Waals surface area contributed by atoms with Crippen LogP contribution in [-0.2, 0) is 0 Å². The molecule has 16 heavy (non-hydrogen) atoms. The number of rotatable bonds is 2. The van der Waals surface area contributed by atoms with E-state index in [9.17, 15) is 0 Å². The van der Waals surface area contributed by atoms with E-state index < -0.39 is 0 Å². The summed E-state index contributed by atoms with van der Waals surface area (Å²) in [4.78, 5) is 2.74. The molecule has 1 unspecified atom stereocenters. The largest absolute Gasteiger partial charge is 0.316 e. The summed E-state index contributed by atoms with van der Waals surface area (Å²) >= 11 is 0. The molecule has 0 aromatic carbocycles. The Kier molecular flexibility index (Phi) is 3.54. The molecule has 1 spiro atoms. The fourth-order valence-electron chi connectivity index (χ4n) is 3.79. The summed E-state index contributed by atoms with van der Waals surface area (Å²) in [5.41, 5.74) is 1.34. The SMILES string of the molecule is CC1(CN2CCC3(CCC3)C2)CCNC1.Cl. The molecule has 1 N–H and O–H groups in total. The zero-order valence-corrected chi connectivity index (χ0v) is 11.2. The van der Waals surface area contributed by atoms with E-state index in [1.807, 2.05) is 0 Å². The molecule has 0 aromatic heterocycles. The van der Waals surface area contributed by atoms with E-state index in [-0.39, 0.29) is 12.4 Å². The number of hydrogen-bond acceptors (Lipinski definition) is 2. The van der Waals surface area contributed by atoms with Crippen molar-refractivity contribution < 1.29 is 0 Å². The lowest BCUT2D eigenvalue weighted by Gasteiger charge is -2.39. The highest BCUT2D eigenvalue weighted by Crippen LogP contribution is 2.48. The van der Waals surface area contributed by atoms with Gasteiger partial charge in [0.25, 0.3) is 0 Å². The van der Waals surface area contributed by atoms with Crippen LogP contribution in [0.15, 0.2) is 0 Å². The molecule has 2 heterocycles. The van der Waals surface area contributed by atoms with Crippen LogP contribution in [0.2, 0.25) is 0 Å². The molecule has 0 radical (unpaired) electrons. The maximum Gasteiger partial charge on any atom is 0.00482 e. The second-order valence-corrected chi connectivity index (χ2v) is 6.55. The fourth-order valence-corrected chi connectivity index (χ4v) is 3.79. The molecule has 2 saturated heterocycles. The summed E-state index contributed by atoms with van der Waals surface area (Å²) < 4.78 is 0. The Morgan fingerprint density at radius 1 is 1.19 bits per heavy atom. The minimum absolute atomic E-state index is 0. The highest BCUT2D eigenvalue weighted by atomic mass is 35.5. The van der Waals surface area contributed by atoms with Crippen LogP contribution in [0.25, 0.3) is 0 Å². The van der Waals surface area contributed by atoms with E-state index in [0.29, 0.717) is 5.41 Å². The molecule has 0 amide bonds. The van der Waals surface area contributed by atoms with Gasteiger partial charge < -0.3 is 10.2 Å². The van der Waals surface area contributed by atoms with Crippen LogP contribution in [0, 0.1) is 10.8 Å². The van der Waals surface area contributed by atoms with Crippen molar-refractivity contribution in [1.82, 2.24) is 10.2 Å². The van der Waals surface area contributed by atoms with E-state index in [0.717, 1.165) is 5.41 Å². The topological polar surface area (TPSA) is 15.3 Å². The molecule has 3 rings (SSSR count). The Morgan fingerprint density at radius 3 is 2.50 bits per heavy atom. The van der Waals surface area contributed by atoms with Gasteiger partial charge >= 0.3 is 0 Å². The quantitative estimate of drug-likeness (QED) is 0.802. The molecule has 2 nitrogen and oxygen atoms in total. The van der Waals surface area contributed by atoms with Gasteiger partial charge in [0.05, 0.1) is 0 Å². The summed E-state index contributed by atoms with van der Waals surface area (Å²) in [5, 5.41) is 3.51. The van der Waals surface area contributed by atoms with Gasteiger partial charge in [-0.3, -0.25) is 0 Å². The molecule has 3 aliphatic rings. The predicted molar refractivity (Wildman–Crippen MR) is 70.2 cm³/mol. The van der Waals surface area contributed by atoms with Crippen molar-refractivity contribution in [3.8, 4) is 0 Å². The molecule has 2 aliphatic heterocycles. The highest BCUT2D eigenvalue weighted by molar-refractivity contribution is 5.85. The Bertz CT molecular complexity index is 244. The van der Waals surface area contributed by atoms with Crippen LogP contribution >= 0.6 is 12.4 Å². The van der Waals surface area contributed by atoms with Crippen LogP contribution in [0.5, 0.6) is 0 Å². The van der Waals surface area contributed by atoms with Gasteiger partial charge in [-0.05, 0) is 49.6 Å². The average molecular weight is 245 g/mol. The van der Waals surface area contributed by atoms with Gasteiger partial charge in [0.2, 0.25) is 0 Å². The molecule has 1 saturated carbocycles. The molecule has 1 atom stereocenters. The highest BCUT2D eigenvalue weighted by Gasteiger charge is 2.44. The average Bonchev–Trinajstić information content (AvgIpc) is 2.72. The zero-order valence-electron chi connectivity index (χ0n) is 10.4. The predicted octanol–water partition coefficient (Wildman–Crippen LogP) is 2.28. The number of hydrogen-bond donors (Lipinski definition) is 1. The van der Waals surface area contributed by atoms with Gasteiger partial charge in [0, 0.05) is 19.6 Å². The van der Waals surface area contributed by atoms with Crippen molar-refractivity contribution in [2.24, 2.45) is 10.8 Å². The Hall–Kier alpha value is 0.210. The fraction of sp³-hybridized carbons (Fsp3) is 1.00. The monoisotopic (exact) mass is 244 g/mol. The van der Waals surface area contributed by atoms with Crippen molar-refractivity contribution in [2.75, 3.05) is 32.7 Å². The van der Waals surface area contributed by atoms with Gasteiger partial charge in [-0.25, -0.2) is 0 Å². The molecule has 94 valence electrons. The molecule has 3 fully saturated rings. The summed E-state index contributed by atoms with van der Waals surface area (Å²) in [6.07, 6.45) is 7.37. The zero-order chi connectivity index (χ0) is 10.4. The number of halogens is 1. The molecule has 0 aromatic rings. The van der Waals surface area contributed by atoms with Crippen LogP contribution in [0.4, 0.5) is 0 Å². The standard InChI is InChI=1S/C13H24N2.ClH/c1-12(5-7-14-9-12)10-15-8-6-13(11-15)3-2-4-13;/h14H,2-11H2,1H3;1H. The normalized spacial score (nSPS) is 37.3. The first kappa shape index (κ1) is 12.7. The van der Waals surface area contributed by atoms with Crippen LogP contribution < -0.4 is 5.32 Å². The van der Waals surface area contributed by atoms with E-state index in [4.69, 9.17) is 0 Å². The van der Waals surface area contributed by atoms with Crippen molar-refractivity contribution in [1.29, 1.82) is 0 Å². The number of nitrogens with one attached hydrogen (secondary N) is 1. The van der Waals surface area contributed by atoms with Crippen LogP contribution in [0.3, 0.4) is 0 Å². The van der Waals surface area contributed by atoms with Gasteiger partial charge in [-0.2, -0.15) is 0 Å². The molecular formula is C13H25ClN2. The Labute approximate surface area is 106 Å². The molecular weight excluding hydrogens is 220 g/mol. The van der Waals surface area contributed by atoms with Crippen molar-refractivity contribution >= 4 is 12.4 Å². The van der Waals surface area contributed by atoms with E-state index in [1.54, 1.807) is 0 Å². The summed E-state index contributed by atoms with van der Waals surface area (Å²) in [5.74, 6) is 0. The molecule has 3 heteroatoms. The Morgan fingerprint density at radius 2 is 2.00 bits per heavy atom. The first-order valence-corrected chi connectivity index (χ1v) is 6.63. The Balaban J connectivity index is 0.000000963. The molecule has 1 aliphatic carbocycles. The maximum atomic E-state index is 3.51. The first-order chi connectivity index (χ1) is 7.20. The minimum atomic E-state index is 0. The minimum Gasteiger partial charge on any atom is -0.316 e. The van der Waals surface area contributed by atoms with Gasteiger partial charge in [-0.1, -0.05) is 13.3 Å². The summed E-state index contributed by atoms with van der Waals surface area (Å²) in [6.45, 7) is 9.03. The lowest BCUT2D eigenvalue weighted by Crippen LogP contribution is -2.39. The number of likely N-dealkylation sites (tertiary alicyclic amines) is 1. The van der Waals surface area contributed by atoms with E-state index in [2.05, 4.69) is 17.1 Å². The maximum absolute atomic E-state index is 3.51. The lowest BCUT2D eigenvalue weighted by atomic mass is 9.68. The van der Waals surface area contributed by atoms with Crippen molar-refractivity contribution in [3.63, 3.8) is 0 Å². The van der Waals surface area contributed by atoms with Crippen LogP contribution in [-0.4, -0.2) is 37.6 Å². The second kappa shape index (κ2) is 4.47. The second-order valence-electron chi connectivity index (χ2n) is 6.55. The van der Waals surface area contributed by atoms with E-state index in [1.165, 1.54) is 64.8 Å². The van der Waals surface area contributed by atoms with E-state index >= 15 is 0 Å². The number of nitrogens with zero attached hydrogens (tertiary/aromatic N) is 1. The van der Waals surface area contributed by atoms with Gasteiger partial charge in [-0.15, -0.1) is 12.4 Å². The third-order valence-electron chi connectivity index (χ3n) is 4.99. The van der Waals surface area contributed by atoms with Gasteiger partial charge in [0.1, 0.15) is 0 Å². The van der Waals surface area contributed by atoms with Crippen LogP contribution in [0.1, 0.15) is 39.0 Å². The summed E-state index contributed by atoms with van der Waals surface area (Å²) in [7, 11) is 0. The van der Waals surface area contributed by atoms with Gasteiger partial charge in [0.15, 0.2) is 0 Å². The first-order valence-electron chi connectivity index (χ1n) is 6.63. The smallest absolute Gasteiger partial charge is 0.00482 e. The van der Waals surface area contributed by atoms with Crippen molar-refractivity contribution in [3.05, 3.63) is 0 Å². The van der Waals surface area contributed by atoms with Crippen molar-refractivity contribution in [2.45, 2.75) is 39.0 Å². The third-order valence-corrected chi connectivity index (χ3v) is 4.99. The molecule has 0 bridgehead atoms. The third kappa shape index (κ3) is 2.25.